The molecule has 0 unspecified atom stereocenters. The number of rotatable bonds is 5. The number of hydrogen-bond acceptors (Lipinski definition) is 6. The van der Waals surface area contributed by atoms with Crippen molar-refractivity contribution in [2.24, 2.45) is 0 Å². The van der Waals surface area contributed by atoms with E-state index in [4.69, 9.17) is 11.6 Å². The molecule has 0 radical (unpaired) electrons. The maximum Gasteiger partial charge on any atom is 0.339 e. The predicted molar refractivity (Wildman–Crippen MR) is 85.8 cm³/mol. The van der Waals surface area contributed by atoms with Gasteiger partial charge in [-0.2, -0.15) is 0 Å². The van der Waals surface area contributed by atoms with E-state index in [2.05, 4.69) is 9.72 Å². The molecule has 0 saturated carbocycles. The maximum absolute atomic E-state index is 11.5. The molecule has 0 N–H and O–H groups in total. The molecule has 0 spiro atoms. The van der Waals surface area contributed by atoms with Gasteiger partial charge in [-0.15, -0.1) is 0 Å². The summed E-state index contributed by atoms with van der Waals surface area (Å²) in [6, 6.07) is 8.35. The SMILES string of the molecule is COC(=O)c1cnc(N(C)Cc2ccccc2Cl)c([N+](=O)[O-])c1. The number of pyridine rings is 1. The molecule has 0 atom stereocenters. The number of nitrogens with zero attached hydrogens (tertiary/aromatic N) is 3. The monoisotopic (exact) mass is 335 g/mol. The first-order valence-electron chi connectivity index (χ1n) is 6.61. The quantitative estimate of drug-likeness (QED) is 0.474. The lowest BCUT2D eigenvalue weighted by atomic mass is 10.2. The number of ether oxygens (including phenoxy) is 1. The highest BCUT2D eigenvalue weighted by Gasteiger charge is 2.22. The van der Waals surface area contributed by atoms with Gasteiger partial charge in [-0.1, -0.05) is 29.8 Å². The number of aromatic nitrogens is 1. The third-order valence-electron chi connectivity index (χ3n) is 3.19. The van der Waals surface area contributed by atoms with Crippen molar-refractivity contribution >= 4 is 29.1 Å². The molecular formula is C15H14ClN3O4. The Kier molecular flexibility index (Phi) is 5.13. The van der Waals surface area contributed by atoms with Crippen molar-refractivity contribution < 1.29 is 14.5 Å². The molecule has 23 heavy (non-hydrogen) atoms. The van der Waals surface area contributed by atoms with E-state index < -0.39 is 10.9 Å². The summed E-state index contributed by atoms with van der Waals surface area (Å²) in [5, 5.41) is 11.8. The van der Waals surface area contributed by atoms with Crippen molar-refractivity contribution in [3.8, 4) is 0 Å². The second kappa shape index (κ2) is 7.06. The number of methoxy groups -OCH3 is 1. The molecule has 0 bridgehead atoms. The van der Waals surface area contributed by atoms with Crippen LogP contribution in [-0.2, 0) is 11.3 Å². The van der Waals surface area contributed by atoms with Crippen LogP contribution in [0.4, 0.5) is 11.5 Å². The molecule has 0 aliphatic carbocycles. The first-order valence-corrected chi connectivity index (χ1v) is 6.99. The van der Waals surface area contributed by atoms with Crippen LogP contribution in [0.3, 0.4) is 0 Å². The average molecular weight is 336 g/mol. The van der Waals surface area contributed by atoms with Gasteiger partial charge in [-0.05, 0) is 11.6 Å². The second-order valence-electron chi connectivity index (χ2n) is 4.76. The summed E-state index contributed by atoms with van der Waals surface area (Å²) in [6.07, 6.45) is 1.25. The molecule has 7 nitrogen and oxygen atoms in total. The molecule has 0 saturated heterocycles. The van der Waals surface area contributed by atoms with Gasteiger partial charge >= 0.3 is 11.7 Å². The van der Waals surface area contributed by atoms with E-state index in [0.29, 0.717) is 11.6 Å². The Hall–Kier alpha value is -2.67. The largest absolute Gasteiger partial charge is 0.465 e. The molecule has 0 aliphatic rings. The van der Waals surface area contributed by atoms with E-state index >= 15 is 0 Å². The number of nitro groups is 1. The highest BCUT2D eigenvalue weighted by molar-refractivity contribution is 6.31. The Bertz CT molecular complexity index is 751. The summed E-state index contributed by atoms with van der Waals surface area (Å²) in [4.78, 5) is 27.8. The summed E-state index contributed by atoms with van der Waals surface area (Å²) >= 11 is 6.10. The normalized spacial score (nSPS) is 10.2. The lowest BCUT2D eigenvalue weighted by Gasteiger charge is -2.19. The molecular weight excluding hydrogens is 322 g/mol. The van der Waals surface area contributed by atoms with Crippen molar-refractivity contribution in [3.05, 3.63) is 62.8 Å². The number of hydrogen-bond donors (Lipinski definition) is 0. The number of benzene rings is 1. The van der Waals surface area contributed by atoms with Gasteiger partial charge in [0.25, 0.3) is 0 Å². The molecule has 0 fully saturated rings. The summed E-state index contributed by atoms with van der Waals surface area (Å²) in [7, 11) is 2.86. The molecule has 0 amide bonds. The van der Waals surface area contributed by atoms with Gasteiger partial charge in [0.05, 0.1) is 17.6 Å². The molecule has 8 heteroatoms. The van der Waals surface area contributed by atoms with E-state index in [9.17, 15) is 14.9 Å². The van der Waals surface area contributed by atoms with E-state index in [1.54, 1.807) is 24.1 Å². The van der Waals surface area contributed by atoms with E-state index in [1.165, 1.54) is 13.3 Å². The van der Waals surface area contributed by atoms with Crippen LogP contribution < -0.4 is 4.90 Å². The third-order valence-corrected chi connectivity index (χ3v) is 3.56. The summed E-state index contributed by atoms with van der Waals surface area (Å²) in [5.41, 5.74) is 0.557. The molecule has 1 heterocycles. The first kappa shape index (κ1) is 16.7. The Labute approximate surface area is 137 Å². The van der Waals surface area contributed by atoms with Crippen LogP contribution in [0.2, 0.25) is 5.02 Å². The van der Waals surface area contributed by atoms with Crippen LogP contribution in [0, 0.1) is 10.1 Å². The van der Waals surface area contributed by atoms with Crippen LogP contribution in [-0.4, -0.2) is 30.0 Å². The fourth-order valence-electron chi connectivity index (χ4n) is 2.06. The highest BCUT2D eigenvalue weighted by atomic mass is 35.5. The average Bonchev–Trinajstić information content (AvgIpc) is 2.55. The van der Waals surface area contributed by atoms with Gasteiger partial charge < -0.3 is 9.64 Å². The minimum Gasteiger partial charge on any atom is -0.465 e. The predicted octanol–water partition coefficient (Wildman–Crippen LogP) is 3.07. The lowest BCUT2D eigenvalue weighted by molar-refractivity contribution is -0.384. The van der Waals surface area contributed by atoms with Gasteiger partial charge in [-0.25, -0.2) is 9.78 Å². The van der Waals surface area contributed by atoms with Gasteiger partial charge in [-0.3, -0.25) is 10.1 Å². The maximum atomic E-state index is 11.5. The number of halogens is 1. The van der Waals surface area contributed by atoms with Crippen molar-refractivity contribution in [2.45, 2.75) is 6.54 Å². The van der Waals surface area contributed by atoms with Gasteiger partial charge in [0, 0.05) is 30.9 Å². The van der Waals surface area contributed by atoms with Gasteiger partial charge in [0.2, 0.25) is 5.82 Å². The molecule has 120 valence electrons. The Morgan fingerprint density at radius 3 is 2.74 bits per heavy atom. The van der Waals surface area contributed by atoms with E-state index in [1.807, 2.05) is 12.1 Å². The smallest absolute Gasteiger partial charge is 0.339 e. The molecule has 2 rings (SSSR count). The Morgan fingerprint density at radius 1 is 1.43 bits per heavy atom. The fourth-order valence-corrected chi connectivity index (χ4v) is 2.26. The minimum absolute atomic E-state index is 0.0223. The summed E-state index contributed by atoms with van der Waals surface area (Å²) < 4.78 is 4.55. The zero-order chi connectivity index (χ0) is 17.0. The van der Waals surface area contributed by atoms with Crippen molar-refractivity contribution in [2.75, 3.05) is 19.1 Å². The molecule has 2 aromatic rings. The summed E-state index contributed by atoms with van der Waals surface area (Å²) in [6.45, 7) is 0.338. The number of carbonyl (C=O) groups excluding carboxylic acids is 1. The zero-order valence-corrected chi connectivity index (χ0v) is 13.3. The zero-order valence-electron chi connectivity index (χ0n) is 12.5. The van der Waals surface area contributed by atoms with Gasteiger partial charge in [0.1, 0.15) is 0 Å². The van der Waals surface area contributed by atoms with E-state index in [0.717, 1.165) is 11.6 Å². The third kappa shape index (κ3) is 3.75. The van der Waals surface area contributed by atoms with Crippen LogP contribution in [0.1, 0.15) is 15.9 Å². The lowest BCUT2D eigenvalue weighted by Crippen LogP contribution is -2.20. The standard InChI is InChI=1S/C15H14ClN3O4/c1-18(9-10-5-3-4-6-12(10)16)14-13(19(21)22)7-11(8-17-14)15(20)23-2/h3-8H,9H2,1-2H3. The first-order chi connectivity index (χ1) is 10.9. The van der Waals surface area contributed by atoms with Crippen LogP contribution >= 0.6 is 11.6 Å². The number of esters is 1. The Morgan fingerprint density at radius 2 is 2.13 bits per heavy atom. The summed E-state index contributed by atoms with van der Waals surface area (Å²) in [5.74, 6) is -0.538. The second-order valence-corrected chi connectivity index (χ2v) is 5.17. The molecule has 0 aliphatic heterocycles. The fraction of sp³-hybridized carbons (Fsp3) is 0.200. The van der Waals surface area contributed by atoms with Crippen molar-refractivity contribution in [3.63, 3.8) is 0 Å². The topological polar surface area (TPSA) is 85.6 Å². The van der Waals surface area contributed by atoms with Crippen LogP contribution in [0.15, 0.2) is 36.5 Å². The van der Waals surface area contributed by atoms with Gasteiger partial charge in [0.15, 0.2) is 0 Å². The highest BCUT2D eigenvalue weighted by Crippen LogP contribution is 2.28. The van der Waals surface area contributed by atoms with Crippen molar-refractivity contribution in [1.82, 2.24) is 4.98 Å². The van der Waals surface area contributed by atoms with Crippen LogP contribution in [0.5, 0.6) is 0 Å². The van der Waals surface area contributed by atoms with Crippen molar-refractivity contribution in [1.29, 1.82) is 0 Å². The Balaban J connectivity index is 2.36. The number of carbonyl (C=O) groups is 1. The number of anilines is 1. The molecule has 1 aromatic carbocycles. The minimum atomic E-state index is -0.680. The van der Waals surface area contributed by atoms with E-state index in [-0.39, 0.29) is 17.1 Å². The van der Waals surface area contributed by atoms with Crippen LogP contribution in [0.25, 0.3) is 0 Å². The molecule has 1 aromatic heterocycles.